The summed E-state index contributed by atoms with van der Waals surface area (Å²) in [5.74, 6) is 1.17. The molecule has 0 bridgehead atoms. The van der Waals surface area contributed by atoms with Crippen molar-refractivity contribution < 1.29 is 19.9 Å². The van der Waals surface area contributed by atoms with Crippen LogP contribution in [0.2, 0.25) is 5.65 Å². The Kier molecular flexibility index (Phi) is 2.96. The summed E-state index contributed by atoms with van der Waals surface area (Å²) in [5, 5.41) is 0. The molecule has 1 aromatic carbocycles. The van der Waals surface area contributed by atoms with E-state index in [1.807, 2.05) is 0 Å². The minimum atomic E-state index is -0.229. The Hall–Kier alpha value is -2.70. The molecular weight excluding hydrogens is 272 g/mol. The average Bonchev–Trinajstić information content (AvgIpc) is 2.60. The van der Waals surface area contributed by atoms with E-state index in [0.29, 0.717) is 28.5 Å². The largest absolute Gasteiger partial charge is 0.493 e. The van der Waals surface area contributed by atoms with Crippen LogP contribution in [0.15, 0.2) is 18.3 Å². The molecule has 0 aliphatic heterocycles. The van der Waals surface area contributed by atoms with Crippen LogP contribution in [-0.4, -0.2) is 31.3 Å². The summed E-state index contributed by atoms with van der Waals surface area (Å²) in [7, 11) is 4.53. The first-order valence-electron chi connectivity index (χ1n) is 7.90. The smallest absolute Gasteiger partial charge is 0.221 e. The fourth-order valence-corrected chi connectivity index (χ4v) is 1.97. The maximum atomic E-state index is 7.48. The number of nitrogens with two attached hydrogens (primary N) is 2. The van der Waals surface area contributed by atoms with Crippen LogP contribution < -0.4 is 25.7 Å². The van der Waals surface area contributed by atoms with Crippen LogP contribution in [0.1, 0.15) is 11.1 Å². The lowest BCUT2D eigenvalue weighted by molar-refractivity contribution is 0.324. The Labute approximate surface area is 128 Å². The van der Waals surface area contributed by atoms with Gasteiger partial charge in [-0.1, -0.05) is 0 Å². The van der Waals surface area contributed by atoms with E-state index in [1.54, 1.807) is 12.1 Å². The molecule has 0 aliphatic rings. The third kappa shape index (κ3) is 3.07. The molecule has 0 saturated heterocycles. The topological polar surface area (TPSA) is 106 Å². The number of nitrogen functional groups attached to an aromatic ring is 2. The molecule has 21 heavy (non-hydrogen) atoms. The van der Waals surface area contributed by atoms with Gasteiger partial charge in [0.15, 0.2) is 17.1 Å². The molecule has 2 rings (SSSR count). The molecule has 1 heterocycles. The van der Waals surface area contributed by atoms with E-state index in [0.717, 1.165) is 5.56 Å². The predicted octanol–water partition coefficient (Wildman–Crippen LogP) is 1.26. The predicted molar refractivity (Wildman–Crippen MR) is 79.8 cm³/mol. The number of benzene rings is 1. The fourth-order valence-electron chi connectivity index (χ4n) is 1.97. The van der Waals surface area contributed by atoms with Gasteiger partial charge < -0.3 is 25.7 Å². The van der Waals surface area contributed by atoms with E-state index >= 15 is 0 Å². The van der Waals surface area contributed by atoms with Gasteiger partial charge in [-0.05, 0) is 17.7 Å². The zero-order valence-electron chi connectivity index (χ0n) is 16.0. The van der Waals surface area contributed by atoms with Crippen molar-refractivity contribution in [3.8, 4) is 17.2 Å². The highest BCUT2D eigenvalue weighted by Gasteiger charge is 2.14. The van der Waals surface area contributed by atoms with Gasteiger partial charge in [0.05, 0.1) is 21.3 Å². The van der Waals surface area contributed by atoms with Crippen molar-refractivity contribution in [1.82, 2.24) is 9.97 Å². The molecule has 2 aromatic rings. The van der Waals surface area contributed by atoms with Crippen molar-refractivity contribution in [2.75, 3.05) is 32.8 Å². The standard InChI is InChI=1S/C14H18N4O3/c1-19-10-5-8(6-11(20-2)12(10)21-3)4-9-7-17-14(16)18-13(9)15/h5-7H,4H2,1-3H3,(H4,15,16,17,18)/i/hD4. The lowest BCUT2D eigenvalue weighted by Gasteiger charge is -2.14. The van der Waals surface area contributed by atoms with Crippen molar-refractivity contribution in [2.45, 2.75) is 6.42 Å². The van der Waals surface area contributed by atoms with Gasteiger partial charge in [0.2, 0.25) is 11.7 Å². The summed E-state index contributed by atoms with van der Waals surface area (Å²) < 4.78 is 45.2. The van der Waals surface area contributed by atoms with Crippen molar-refractivity contribution in [3.05, 3.63) is 29.5 Å². The van der Waals surface area contributed by atoms with Crippen LogP contribution >= 0.6 is 0 Å². The summed E-state index contributed by atoms with van der Waals surface area (Å²) in [6.45, 7) is 0. The van der Waals surface area contributed by atoms with Gasteiger partial charge in [-0.2, -0.15) is 4.98 Å². The van der Waals surface area contributed by atoms with Crippen LogP contribution in [-0.2, 0) is 6.42 Å². The monoisotopic (exact) mass is 294 g/mol. The third-order valence-corrected chi connectivity index (χ3v) is 2.95. The Balaban J connectivity index is 2.45. The van der Waals surface area contributed by atoms with Crippen LogP contribution in [0.4, 0.5) is 11.8 Å². The third-order valence-electron chi connectivity index (χ3n) is 2.95. The van der Waals surface area contributed by atoms with Gasteiger partial charge in [-0.25, -0.2) is 4.98 Å². The minimum absolute atomic E-state index is 0.0248. The van der Waals surface area contributed by atoms with Crippen molar-refractivity contribution in [2.24, 2.45) is 0 Å². The fraction of sp³-hybridized carbons (Fsp3) is 0.286. The second-order valence-electron chi connectivity index (χ2n) is 4.23. The van der Waals surface area contributed by atoms with E-state index in [4.69, 9.17) is 19.9 Å². The molecule has 0 aliphatic carbocycles. The first kappa shape index (κ1) is 10.1. The summed E-state index contributed by atoms with van der Waals surface area (Å²) in [6.07, 6.45) is 1.67. The molecular formula is C14H18N4O3. The van der Waals surface area contributed by atoms with Gasteiger partial charge >= 0.3 is 0 Å². The van der Waals surface area contributed by atoms with Crippen LogP contribution in [0.5, 0.6) is 17.2 Å². The molecule has 7 nitrogen and oxygen atoms in total. The molecule has 0 spiro atoms. The van der Waals surface area contributed by atoms with Crippen LogP contribution in [0, 0.1) is 0 Å². The Morgan fingerprint density at radius 1 is 1.10 bits per heavy atom. The molecule has 112 valence electrons. The maximum absolute atomic E-state index is 7.48. The number of hydrogen-bond acceptors (Lipinski definition) is 7. The van der Waals surface area contributed by atoms with Crippen LogP contribution in [0.3, 0.4) is 0 Å². The second kappa shape index (κ2) is 6.17. The number of ether oxygens (including phenoxy) is 3. The highest BCUT2D eigenvalue weighted by Crippen LogP contribution is 2.38. The maximum Gasteiger partial charge on any atom is 0.221 e. The van der Waals surface area contributed by atoms with E-state index in [1.165, 1.54) is 27.5 Å². The van der Waals surface area contributed by atoms with E-state index in [2.05, 4.69) is 9.97 Å². The van der Waals surface area contributed by atoms with Gasteiger partial charge in [0, 0.05) is 18.2 Å². The molecule has 0 unspecified atom stereocenters. The molecule has 0 amide bonds. The number of hydrogen-bond donors (Lipinski definition) is 2. The van der Waals surface area contributed by atoms with Crippen molar-refractivity contribution >= 4 is 11.8 Å². The van der Waals surface area contributed by atoms with E-state index in [-0.39, 0.29) is 23.9 Å². The number of aromatic nitrogens is 2. The van der Waals surface area contributed by atoms with Crippen molar-refractivity contribution in [1.29, 1.82) is 0 Å². The molecule has 0 atom stereocenters. The average molecular weight is 294 g/mol. The minimum Gasteiger partial charge on any atom is -0.493 e. The number of rotatable bonds is 7. The summed E-state index contributed by atoms with van der Waals surface area (Å²) in [5.41, 5.74) is 1.78. The lowest BCUT2D eigenvalue weighted by atomic mass is 10.1. The number of methoxy groups -OCH3 is 3. The van der Waals surface area contributed by atoms with Gasteiger partial charge in [-0.15, -0.1) is 0 Å². The Morgan fingerprint density at radius 3 is 2.33 bits per heavy atom. The summed E-state index contributed by atoms with van der Waals surface area (Å²) in [4.78, 5) is 7.79. The highest BCUT2D eigenvalue weighted by molar-refractivity contribution is 5.55. The SMILES string of the molecule is [2H]N([2H])c1ncc(Cc2cc(OC)c(OC)c(OC)c2)c(N([2H])[2H])n1. The van der Waals surface area contributed by atoms with E-state index in [9.17, 15) is 0 Å². The summed E-state index contributed by atoms with van der Waals surface area (Å²) in [6, 6.07) is 3.50. The molecule has 0 saturated carbocycles. The summed E-state index contributed by atoms with van der Waals surface area (Å²) >= 11 is 0. The Morgan fingerprint density at radius 2 is 1.81 bits per heavy atom. The molecule has 0 fully saturated rings. The zero-order valence-corrected chi connectivity index (χ0v) is 12.0. The molecule has 0 radical (unpaired) electrons. The zero-order chi connectivity index (χ0) is 18.6. The van der Waals surface area contributed by atoms with Crippen molar-refractivity contribution in [3.63, 3.8) is 0 Å². The van der Waals surface area contributed by atoms with Crippen LogP contribution in [0.25, 0.3) is 0 Å². The first-order chi connectivity index (χ1) is 11.9. The Bertz CT molecular complexity index is 721. The lowest BCUT2D eigenvalue weighted by Crippen LogP contribution is -2.04. The van der Waals surface area contributed by atoms with E-state index < -0.39 is 0 Å². The highest BCUT2D eigenvalue weighted by atomic mass is 16.5. The second-order valence-corrected chi connectivity index (χ2v) is 4.23. The molecule has 4 N–H and O–H groups in total. The number of nitrogens with zero attached hydrogens (tertiary/aromatic N) is 2. The van der Waals surface area contributed by atoms with Gasteiger partial charge in [0.1, 0.15) is 5.82 Å². The van der Waals surface area contributed by atoms with Gasteiger partial charge in [-0.3, -0.25) is 0 Å². The number of anilines is 2. The van der Waals surface area contributed by atoms with Gasteiger partial charge in [0.25, 0.3) is 0 Å². The molecule has 1 aromatic heterocycles. The quantitative estimate of drug-likeness (QED) is 0.791. The first-order valence-corrected chi connectivity index (χ1v) is 6.11. The molecule has 7 heteroatoms. The normalized spacial score (nSPS) is 12.5.